The van der Waals surface area contributed by atoms with Gasteiger partial charge in [-0.05, 0) is 56.7 Å². The van der Waals surface area contributed by atoms with Crippen LogP contribution in [-0.2, 0) is 27.7 Å². The Bertz CT molecular complexity index is 821. The van der Waals surface area contributed by atoms with E-state index in [9.17, 15) is 13.2 Å². The Kier molecular flexibility index (Phi) is 8.67. The van der Waals surface area contributed by atoms with Gasteiger partial charge in [-0.3, -0.25) is 4.79 Å². The van der Waals surface area contributed by atoms with E-state index in [4.69, 9.17) is 0 Å². The van der Waals surface area contributed by atoms with Crippen molar-refractivity contribution >= 4 is 15.9 Å². The number of benzene rings is 2. The van der Waals surface area contributed by atoms with Crippen LogP contribution in [0.1, 0.15) is 37.8 Å². The van der Waals surface area contributed by atoms with Gasteiger partial charge in [0.05, 0.1) is 5.25 Å². The predicted octanol–water partition coefficient (Wildman–Crippen LogP) is 2.86. The van der Waals surface area contributed by atoms with Crippen molar-refractivity contribution in [3.05, 3.63) is 71.8 Å². The van der Waals surface area contributed by atoms with Crippen LogP contribution in [0.4, 0.5) is 0 Å². The summed E-state index contributed by atoms with van der Waals surface area (Å²) < 4.78 is 27.1. The number of nitrogens with one attached hydrogen (secondary N) is 2. The van der Waals surface area contributed by atoms with Gasteiger partial charge in [-0.1, -0.05) is 54.6 Å². The fraction of sp³-hybridized carbons (Fsp3) is 0.409. The zero-order valence-electron chi connectivity index (χ0n) is 16.5. The summed E-state index contributed by atoms with van der Waals surface area (Å²) in [6.45, 7) is 3.71. The molecular formula is C22H29N2O3S. The summed E-state index contributed by atoms with van der Waals surface area (Å²) in [5.74, 6) is -0.295. The van der Waals surface area contributed by atoms with Gasteiger partial charge in [0.2, 0.25) is 15.9 Å². The maximum Gasteiger partial charge on any atom is 0.238 e. The SMILES string of the molecule is CC(C)S(=O)(=O)NC(Cc1cc[c]cc1)C(=O)NCCCCc1ccccc1. The molecule has 1 unspecified atom stereocenters. The maximum absolute atomic E-state index is 12.6. The molecule has 2 N–H and O–H groups in total. The summed E-state index contributed by atoms with van der Waals surface area (Å²) >= 11 is 0. The first kappa shape index (κ1) is 22.1. The molecule has 5 nitrogen and oxygen atoms in total. The predicted molar refractivity (Wildman–Crippen MR) is 112 cm³/mol. The summed E-state index contributed by atoms with van der Waals surface area (Å²) in [6.07, 6.45) is 3.06. The second-order valence-corrected chi connectivity index (χ2v) is 9.38. The molecule has 0 heterocycles. The van der Waals surface area contributed by atoms with Crippen LogP contribution in [0.5, 0.6) is 0 Å². The third-order valence-corrected chi connectivity index (χ3v) is 6.36. The monoisotopic (exact) mass is 401 g/mol. The Morgan fingerprint density at radius 1 is 1.00 bits per heavy atom. The minimum atomic E-state index is -3.55. The van der Waals surface area contributed by atoms with Crippen molar-refractivity contribution < 1.29 is 13.2 Å². The molecule has 2 rings (SSSR count). The fourth-order valence-electron chi connectivity index (χ4n) is 2.75. The number of amides is 1. The smallest absolute Gasteiger partial charge is 0.238 e. The van der Waals surface area contributed by atoms with Crippen LogP contribution in [0.25, 0.3) is 0 Å². The minimum Gasteiger partial charge on any atom is -0.355 e. The standard InChI is InChI=1S/C22H29N2O3S/c1-18(2)28(26,27)24-21(17-20-14-7-4-8-15-20)22(25)23-16-10-9-13-19-11-5-3-6-12-19/h3,5-8,11-12,14-15,18,21,24H,9-10,13,16-17H2,1-2H3,(H,23,25). The molecule has 151 valence electrons. The highest BCUT2D eigenvalue weighted by Gasteiger charge is 2.26. The van der Waals surface area contributed by atoms with E-state index in [1.165, 1.54) is 5.56 Å². The average Bonchev–Trinajstić information content (AvgIpc) is 2.68. The van der Waals surface area contributed by atoms with Crippen LogP contribution in [0, 0.1) is 6.07 Å². The average molecular weight is 402 g/mol. The molecule has 0 aliphatic heterocycles. The summed E-state index contributed by atoms with van der Waals surface area (Å²) in [5.41, 5.74) is 2.16. The molecule has 1 amide bonds. The molecule has 0 aliphatic rings. The van der Waals surface area contributed by atoms with Crippen LogP contribution in [0.2, 0.25) is 0 Å². The van der Waals surface area contributed by atoms with Crippen LogP contribution in [0.3, 0.4) is 0 Å². The zero-order valence-corrected chi connectivity index (χ0v) is 17.3. The van der Waals surface area contributed by atoms with Crippen LogP contribution >= 0.6 is 0 Å². The lowest BCUT2D eigenvalue weighted by Crippen LogP contribution is -2.49. The molecule has 1 radical (unpaired) electrons. The van der Waals surface area contributed by atoms with Gasteiger partial charge in [-0.15, -0.1) is 0 Å². The molecule has 0 saturated carbocycles. The van der Waals surface area contributed by atoms with E-state index in [1.54, 1.807) is 26.0 Å². The number of carbonyl (C=O) groups is 1. The topological polar surface area (TPSA) is 75.3 Å². The Hall–Kier alpha value is -2.18. The van der Waals surface area contributed by atoms with Gasteiger partial charge in [0.25, 0.3) is 0 Å². The molecule has 0 spiro atoms. The number of sulfonamides is 1. The fourth-order valence-corrected chi connectivity index (χ4v) is 3.61. The normalized spacial score (nSPS) is 12.7. The molecule has 0 saturated heterocycles. The second-order valence-electron chi connectivity index (χ2n) is 7.11. The number of hydrogen-bond donors (Lipinski definition) is 2. The van der Waals surface area contributed by atoms with Gasteiger partial charge < -0.3 is 5.32 Å². The second kappa shape index (κ2) is 11.0. The number of hydrogen-bond acceptors (Lipinski definition) is 3. The highest BCUT2D eigenvalue weighted by atomic mass is 32.2. The molecule has 0 aliphatic carbocycles. The zero-order chi connectivity index (χ0) is 20.4. The highest BCUT2D eigenvalue weighted by molar-refractivity contribution is 7.90. The first-order valence-corrected chi connectivity index (χ1v) is 11.2. The van der Waals surface area contributed by atoms with Crippen molar-refractivity contribution in [2.75, 3.05) is 6.54 Å². The lowest BCUT2D eigenvalue weighted by Gasteiger charge is -2.20. The van der Waals surface area contributed by atoms with Gasteiger partial charge in [-0.2, -0.15) is 0 Å². The van der Waals surface area contributed by atoms with Crippen molar-refractivity contribution in [1.82, 2.24) is 10.0 Å². The largest absolute Gasteiger partial charge is 0.355 e. The number of unbranched alkanes of at least 4 members (excludes halogenated alkanes) is 1. The minimum absolute atomic E-state index is 0.295. The molecule has 0 fully saturated rings. The third kappa shape index (κ3) is 7.44. The van der Waals surface area contributed by atoms with E-state index >= 15 is 0 Å². The maximum atomic E-state index is 12.6. The molecule has 1 atom stereocenters. The first-order valence-electron chi connectivity index (χ1n) is 9.66. The van der Waals surface area contributed by atoms with E-state index < -0.39 is 21.3 Å². The first-order chi connectivity index (χ1) is 13.4. The molecule has 2 aromatic rings. The van der Waals surface area contributed by atoms with Crippen molar-refractivity contribution in [2.24, 2.45) is 0 Å². The molecule has 2 aromatic carbocycles. The number of aryl methyl sites for hydroxylation is 1. The van der Waals surface area contributed by atoms with Gasteiger partial charge in [0, 0.05) is 6.54 Å². The van der Waals surface area contributed by atoms with Crippen LogP contribution < -0.4 is 10.0 Å². The Labute approximate surface area is 168 Å². The molecule has 0 aromatic heterocycles. The lowest BCUT2D eigenvalue weighted by atomic mass is 10.1. The van der Waals surface area contributed by atoms with E-state index in [0.29, 0.717) is 13.0 Å². The summed E-state index contributed by atoms with van der Waals surface area (Å²) in [6, 6.07) is 19.5. The molecule has 0 bridgehead atoms. The summed E-state index contributed by atoms with van der Waals surface area (Å²) in [4.78, 5) is 12.6. The lowest BCUT2D eigenvalue weighted by molar-refractivity contribution is -0.122. The Balaban J connectivity index is 1.88. The van der Waals surface area contributed by atoms with E-state index in [-0.39, 0.29) is 5.91 Å². The molecular weight excluding hydrogens is 372 g/mol. The molecule has 28 heavy (non-hydrogen) atoms. The van der Waals surface area contributed by atoms with Gasteiger partial charge in [0.1, 0.15) is 6.04 Å². The molecule has 6 heteroatoms. The third-order valence-electron chi connectivity index (χ3n) is 4.50. The van der Waals surface area contributed by atoms with Crippen molar-refractivity contribution in [2.45, 2.75) is 50.8 Å². The summed E-state index contributed by atoms with van der Waals surface area (Å²) in [5, 5.41) is 2.28. The van der Waals surface area contributed by atoms with E-state index in [1.807, 2.05) is 30.3 Å². The van der Waals surface area contributed by atoms with Crippen LogP contribution in [0.15, 0.2) is 54.6 Å². The number of carbonyl (C=O) groups excluding carboxylic acids is 1. The quantitative estimate of drug-likeness (QED) is 0.569. The Morgan fingerprint density at radius 3 is 2.32 bits per heavy atom. The van der Waals surface area contributed by atoms with Gasteiger partial charge in [-0.25, -0.2) is 13.1 Å². The number of rotatable bonds is 11. The van der Waals surface area contributed by atoms with Gasteiger partial charge >= 0.3 is 0 Å². The highest BCUT2D eigenvalue weighted by Crippen LogP contribution is 2.07. The van der Waals surface area contributed by atoms with Gasteiger partial charge in [0.15, 0.2) is 0 Å². The Morgan fingerprint density at radius 2 is 1.68 bits per heavy atom. The van der Waals surface area contributed by atoms with Crippen molar-refractivity contribution in [1.29, 1.82) is 0 Å². The van der Waals surface area contributed by atoms with E-state index in [2.05, 4.69) is 28.2 Å². The van der Waals surface area contributed by atoms with Crippen molar-refractivity contribution in [3.8, 4) is 0 Å². The van der Waals surface area contributed by atoms with E-state index in [0.717, 1.165) is 24.8 Å². The summed E-state index contributed by atoms with van der Waals surface area (Å²) in [7, 11) is -3.55. The van der Waals surface area contributed by atoms with Crippen molar-refractivity contribution in [3.63, 3.8) is 0 Å². The van der Waals surface area contributed by atoms with Crippen LogP contribution in [-0.4, -0.2) is 32.2 Å².